The Morgan fingerprint density at radius 2 is 1.65 bits per heavy atom. The zero-order valence-corrected chi connectivity index (χ0v) is 13.2. The van der Waals surface area contributed by atoms with Crippen molar-refractivity contribution in [2.24, 2.45) is 0 Å². The number of likely N-dealkylation sites (N-methyl/N-ethyl adjacent to an activating group) is 1. The zero-order chi connectivity index (χ0) is 16.6. The van der Waals surface area contributed by atoms with Gasteiger partial charge < -0.3 is 14.4 Å². The summed E-state index contributed by atoms with van der Waals surface area (Å²) in [6.45, 7) is 3.04. The van der Waals surface area contributed by atoms with E-state index in [-0.39, 0.29) is 5.57 Å². The minimum Gasteiger partial charge on any atom is -0.419 e. The summed E-state index contributed by atoms with van der Waals surface area (Å²) < 4.78 is 10.1. The Morgan fingerprint density at radius 1 is 1.00 bits per heavy atom. The van der Waals surface area contributed by atoms with E-state index in [2.05, 4.69) is 0 Å². The van der Waals surface area contributed by atoms with Gasteiger partial charge in [0.25, 0.3) is 5.79 Å². The highest BCUT2D eigenvalue weighted by Gasteiger charge is 2.38. The normalized spacial score (nSPS) is 20.9. The van der Waals surface area contributed by atoms with E-state index in [1.165, 1.54) is 19.9 Å². The number of anilines is 1. The second-order valence-corrected chi connectivity index (χ2v) is 5.80. The van der Waals surface area contributed by atoms with Gasteiger partial charge in [-0.15, -0.1) is 0 Å². The third-order valence-electron chi connectivity index (χ3n) is 3.66. The van der Waals surface area contributed by atoms with Crippen LogP contribution in [-0.2, 0) is 19.1 Å². The number of esters is 2. The fraction of sp³-hybridized carbons (Fsp3) is 0.222. The molecule has 2 aliphatic heterocycles. The first kappa shape index (κ1) is 15.1. The van der Waals surface area contributed by atoms with Crippen LogP contribution < -0.4 is 4.90 Å². The van der Waals surface area contributed by atoms with Crippen LogP contribution in [0.1, 0.15) is 19.4 Å². The molecule has 0 bridgehead atoms. The summed E-state index contributed by atoms with van der Waals surface area (Å²) in [6.07, 6.45) is 7.04. The summed E-state index contributed by atoms with van der Waals surface area (Å²) in [6, 6.07) is 7.97. The van der Waals surface area contributed by atoms with Crippen LogP contribution >= 0.6 is 0 Å². The van der Waals surface area contributed by atoms with Gasteiger partial charge in [0, 0.05) is 32.3 Å². The van der Waals surface area contributed by atoms with Gasteiger partial charge >= 0.3 is 11.9 Å². The molecule has 0 spiro atoms. The Kier molecular flexibility index (Phi) is 3.56. The molecule has 23 heavy (non-hydrogen) atoms. The molecule has 0 aliphatic carbocycles. The molecule has 1 aromatic carbocycles. The Bertz CT molecular complexity index is 749. The second-order valence-electron chi connectivity index (χ2n) is 5.80. The number of ether oxygens (including phenoxy) is 2. The van der Waals surface area contributed by atoms with Crippen molar-refractivity contribution in [1.29, 1.82) is 0 Å². The van der Waals surface area contributed by atoms with E-state index in [9.17, 15) is 9.59 Å². The number of hydrogen-bond donors (Lipinski definition) is 0. The van der Waals surface area contributed by atoms with Crippen LogP contribution in [0.5, 0.6) is 0 Å². The fourth-order valence-electron chi connectivity index (χ4n) is 2.49. The number of nitrogens with zero attached hydrogens (tertiary/aromatic N) is 1. The van der Waals surface area contributed by atoms with Crippen LogP contribution in [-0.4, -0.2) is 24.8 Å². The standard InChI is InChI=1S/C18H17NO4/c1-18(2)22-16(20)14(17(21)23-18)11-10-13-9-8-12-6-4-5-7-15(12)19(13)3/h4-11H,1-3H3/b13-10+. The van der Waals surface area contributed by atoms with Crippen molar-refractivity contribution < 1.29 is 19.1 Å². The monoisotopic (exact) mass is 311 g/mol. The predicted octanol–water partition coefficient (Wildman–Crippen LogP) is 2.80. The largest absolute Gasteiger partial charge is 0.419 e. The van der Waals surface area contributed by atoms with E-state index in [0.29, 0.717) is 0 Å². The molecule has 1 aromatic rings. The maximum absolute atomic E-state index is 11.9. The SMILES string of the molecule is CN1/C(=C/C=C2C(=O)OC(C)(C)OC2=O)C=Cc2ccccc21. The lowest BCUT2D eigenvalue weighted by Gasteiger charge is -2.30. The van der Waals surface area contributed by atoms with Gasteiger partial charge in [0.05, 0.1) is 0 Å². The van der Waals surface area contributed by atoms with E-state index >= 15 is 0 Å². The smallest absolute Gasteiger partial charge is 0.348 e. The molecule has 2 aliphatic rings. The van der Waals surface area contributed by atoms with Gasteiger partial charge in [0.15, 0.2) is 0 Å². The van der Waals surface area contributed by atoms with Gasteiger partial charge in [-0.05, 0) is 29.9 Å². The molecule has 0 amide bonds. The maximum Gasteiger partial charge on any atom is 0.348 e. The molecule has 0 radical (unpaired) electrons. The number of hydrogen-bond acceptors (Lipinski definition) is 5. The molecule has 2 heterocycles. The molecule has 5 heteroatoms. The van der Waals surface area contributed by atoms with Gasteiger partial charge in [0.1, 0.15) is 5.57 Å². The lowest BCUT2D eigenvalue weighted by Crippen LogP contribution is -2.41. The van der Waals surface area contributed by atoms with Crippen LogP contribution in [0, 0.1) is 0 Å². The molecule has 3 rings (SSSR count). The Balaban J connectivity index is 1.89. The molecule has 5 nitrogen and oxygen atoms in total. The van der Waals surface area contributed by atoms with Crippen LogP contribution in [0.3, 0.4) is 0 Å². The number of carbonyl (C=O) groups excluding carboxylic acids is 2. The summed E-state index contributed by atoms with van der Waals surface area (Å²) in [5, 5.41) is 0. The summed E-state index contributed by atoms with van der Waals surface area (Å²) >= 11 is 0. The molecule has 118 valence electrons. The van der Waals surface area contributed by atoms with Crippen LogP contribution in [0.4, 0.5) is 5.69 Å². The third kappa shape index (κ3) is 2.90. The molecule has 0 N–H and O–H groups in total. The van der Waals surface area contributed by atoms with Gasteiger partial charge in [-0.25, -0.2) is 9.59 Å². The highest BCUT2D eigenvalue weighted by atomic mass is 16.7. The van der Waals surface area contributed by atoms with Crippen molar-refractivity contribution in [2.75, 3.05) is 11.9 Å². The molecular weight excluding hydrogens is 294 g/mol. The molecule has 0 atom stereocenters. The van der Waals surface area contributed by atoms with Gasteiger partial charge in [0.2, 0.25) is 0 Å². The molecule has 0 unspecified atom stereocenters. The molecule has 0 aromatic heterocycles. The number of fused-ring (bicyclic) bond motifs is 1. The first-order chi connectivity index (χ1) is 10.9. The molecule has 0 saturated carbocycles. The van der Waals surface area contributed by atoms with Crippen LogP contribution in [0.25, 0.3) is 6.08 Å². The Hall–Kier alpha value is -2.82. The highest BCUT2D eigenvalue weighted by Crippen LogP contribution is 2.29. The van der Waals surface area contributed by atoms with E-state index in [1.807, 2.05) is 48.4 Å². The van der Waals surface area contributed by atoms with Crippen molar-refractivity contribution in [1.82, 2.24) is 0 Å². The highest BCUT2D eigenvalue weighted by molar-refractivity contribution is 6.15. The lowest BCUT2D eigenvalue weighted by molar-refractivity contribution is -0.222. The average Bonchev–Trinajstić information content (AvgIpc) is 2.47. The van der Waals surface area contributed by atoms with Gasteiger partial charge in [-0.2, -0.15) is 0 Å². The number of rotatable bonds is 1. The minimum atomic E-state index is -1.22. The van der Waals surface area contributed by atoms with Gasteiger partial charge in [-0.3, -0.25) is 0 Å². The van der Waals surface area contributed by atoms with E-state index < -0.39 is 17.7 Å². The lowest BCUT2D eigenvalue weighted by atomic mass is 10.1. The number of allylic oxidation sites excluding steroid dienone is 3. The molecule has 1 fully saturated rings. The zero-order valence-electron chi connectivity index (χ0n) is 13.2. The quantitative estimate of drug-likeness (QED) is 0.453. The first-order valence-electron chi connectivity index (χ1n) is 7.27. The number of para-hydroxylation sites is 1. The Labute approximate surface area is 134 Å². The van der Waals surface area contributed by atoms with Crippen molar-refractivity contribution in [3.8, 4) is 0 Å². The van der Waals surface area contributed by atoms with Gasteiger partial charge in [-0.1, -0.05) is 24.3 Å². The summed E-state index contributed by atoms with van der Waals surface area (Å²) in [4.78, 5) is 25.8. The topological polar surface area (TPSA) is 55.8 Å². The molecule has 1 saturated heterocycles. The van der Waals surface area contributed by atoms with E-state index in [0.717, 1.165) is 16.9 Å². The van der Waals surface area contributed by atoms with Crippen molar-refractivity contribution in [2.45, 2.75) is 19.6 Å². The summed E-state index contributed by atoms with van der Waals surface area (Å²) in [7, 11) is 1.92. The third-order valence-corrected chi connectivity index (χ3v) is 3.66. The maximum atomic E-state index is 11.9. The van der Waals surface area contributed by atoms with Crippen LogP contribution in [0.15, 0.2) is 53.8 Å². The fourth-order valence-corrected chi connectivity index (χ4v) is 2.49. The van der Waals surface area contributed by atoms with E-state index in [4.69, 9.17) is 9.47 Å². The second kappa shape index (κ2) is 5.43. The van der Waals surface area contributed by atoms with Crippen LogP contribution in [0.2, 0.25) is 0 Å². The minimum absolute atomic E-state index is 0.113. The number of cyclic esters (lactones) is 2. The summed E-state index contributed by atoms with van der Waals surface area (Å²) in [5.41, 5.74) is 2.90. The first-order valence-corrected chi connectivity index (χ1v) is 7.27. The van der Waals surface area contributed by atoms with E-state index in [1.54, 1.807) is 6.08 Å². The van der Waals surface area contributed by atoms with Crippen molar-refractivity contribution in [3.05, 3.63) is 59.3 Å². The average molecular weight is 311 g/mol. The summed E-state index contributed by atoms with van der Waals surface area (Å²) in [5.74, 6) is -2.57. The number of carbonyl (C=O) groups is 2. The molecular formula is C18H17NO4. The van der Waals surface area contributed by atoms with Crippen molar-refractivity contribution in [3.63, 3.8) is 0 Å². The van der Waals surface area contributed by atoms with Crippen molar-refractivity contribution >= 4 is 23.7 Å². The number of benzene rings is 1. The Morgan fingerprint density at radius 3 is 2.35 bits per heavy atom. The predicted molar refractivity (Wildman–Crippen MR) is 86.3 cm³/mol.